The molecule has 100 valence electrons. The number of halogens is 4. The predicted molar refractivity (Wildman–Crippen MR) is 69.2 cm³/mol. The lowest BCUT2D eigenvalue weighted by molar-refractivity contribution is 0.451. The maximum absolute atomic E-state index is 14.0. The van der Waals surface area contributed by atoms with Crippen molar-refractivity contribution < 1.29 is 17.6 Å². The Morgan fingerprint density at radius 2 is 1.30 bits per heavy atom. The molecule has 0 aliphatic rings. The number of benzene rings is 3. The lowest BCUT2D eigenvalue weighted by atomic mass is 10.0. The first kappa shape index (κ1) is 12.7. The SMILES string of the molecule is Fc1cc2cc(-c3ccccc3)cc(F)c2c(F)c1F. The highest BCUT2D eigenvalue weighted by atomic mass is 19.2. The zero-order chi connectivity index (χ0) is 14.3. The maximum atomic E-state index is 14.0. The first-order valence-electron chi connectivity index (χ1n) is 5.90. The van der Waals surface area contributed by atoms with Gasteiger partial charge in [-0.15, -0.1) is 0 Å². The Kier molecular flexibility index (Phi) is 2.93. The van der Waals surface area contributed by atoms with Crippen molar-refractivity contribution in [2.75, 3.05) is 0 Å². The van der Waals surface area contributed by atoms with Crippen molar-refractivity contribution >= 4 is 10.8 Å². The van der Waals surface area contributed by atoms with Crippen molar-refractivity contribution in [2.24, 2.45) is 0 Å². The summed E-state index contributed by atoms with van der Waals surface area (Å²) in [6.07, 6.45) is 0. The maximum Gasteiger partial charge on any atom is 0.195 e. The van der Waals surface area contributed by atoms with Crippen LogP contribution in [0.15, 0.2) is 48.5 Å². The number of rotatable bonds is 1. The van der Waals surface area contributed by atoms with E-state index in [0.717, 1.165) is 12.1 Å². The lowest BCUT2D eigenvalue weighted by Crippen LogP contribution is -1.95. The highest BCUT2D eigenvalue weighted by Gasteiger charge is 2.17. The molecule has 0 spiro atoms. The molecule has 0 N–H and O–H groups in total. The van der Waals surface area contributed by atoms with Gasteiger partial charge >= 0.3 is 0 Å². The molecule has 3 aromatic rings. The summed E-state index contributed by atoms with van der Waals surface area (Å²) in [4.78, 5) is 0. The van der Waals surface area contributed by atoms with E-state index in [0.29, 0.717) is 11.1 Å². The molecular formula is C16H8F4. The van der Waals surface area contributed by atoms with Gasteiger partial charge in [-0.05, 0) is 34.7 Å². The molecule has 20 heavy (non-hydrogen) atoms. The van der Waals surface area contributed by atoms with Gasteiger partial charge in [0.2, 0.25) is 0 Å². The Hall–Kier alpha value is -2.36. The van der Waals surface area contributed by atoms with Crippen LogP contribution in [-0.4, -0.2) is 0 Å². The van der Waals surface area contributed by atoms with Crippen molar-refractivity contribution in [1.82, 2.24) is 0 Å². The summed E-state index contributed by atoms with van der Waals surface area (Å²) in [6.45, 7) is 0. The highest BCUT2D eigenvalue weighted by Crippen LogP contribution is 2.30. The molecule has 4 heteroatoms. The molecule has 0 aliphatic carbocycles. The first-order chi connectivity index (χ1) is 9.58. The fourth-order valence-corrected chi connectivity index (χ4v) is 2.19. The van der Waals surface area contributed by atoms with Gasteiger partial charge in [0, 0.05) is 0 Å². The van der Waals surface area contributed by atoms with Crippen molar-refractivity contribution in [2.45, 2.75) is 0 Å². The summed E-state index contributed by atoms with van der Waals surface area (Å²) in [5.41, 5.74) is 1.18. The molecule has 0 aliphatic heterocycles. The Labute approximate surface area is 112 Å². The van der Waals surface area contributed by atoms with Crippen LogP contribution in [0.2, 0.25) is 0 Å². The Morgan fingerprint density at radius 3 is 2.00 bits per heavy atom. The summed E-state index contributed by atoms with van der Waals surface area (Å²) < 4.78 is 54.0. The minimum atomic E-state index is -1.66. The fourth-order valence-electron chi connectivity index (χ4n) is 2.19. The van der Waals surface area contributed by atoms with Crippen LogP contribution in [0, 0.1) is 23.3 Å². The van der Waals surface area contributed by atoms with Gasteiger partial charge in [0.15, 0.2) is 17.5 Å². The lowest BCUT2D eigenvalue weighted by Gasteiger charge is -2.07. The van der Waals surface area contributed by atoms with Gasteiger partial charge < -0.3 is 0 Å². The van der Waals surface area contributed by atoms with Gasteiger partial charge in [0.1, 0.15) is 5.82 Å². The summed E-state index contributed by atoms with van der Waals surface area (Å²) in [6, 6.07) is 12.2. The molecule has 0 saturated carbocycles. The molecule has 0 radical (unpaired) electrons. The van der Waals surface area contributed by atoms with Gasteiger partial charge in [-0.1, -0.05) is 30.3 Å². The van der Waals surface area contributed by atoms with Crippen molar-refractivity contribution in [3.05, 3.63) is 71.8 Å². The summed E-state index contributed by atoms with van der Waals surface area (Å²) in [5, 5.41) is -0.552. The van der Waals surface area contributed by atoms with Crippen molar-refractivity contribution in [1.29, 1.82) is 0 Å². The van der Waals surface area contributed by atoms with E-state index in [1.54, 1.807) is 30.3 Å². The second-order valence-electron chi connectivity index (χ2n) is 4.41. The molecule has 0 nitrogen and oxygen atoms in total. The highest BCUT2D eigenvalue weighted by molar-refractivity contribution is 5.88. The van der Waals surface area contributed by atoms with E-state index in [4.69, 9.17) is 0 Å². The number of hydrogen-bond acceptors (Lipinski definition) is 0. The molecule has 0 amide bonds. The monoisotopic (exact) mass is 276 g/mol. The van der Waals surface area contributed by atoms with E-state index in [1.165, 1.54) is 6.07 Å². The smallest absolute Gasteiger partial charge is 0.195 e. The van der Waals surface area contributed by atoms with Crippen LogP contribution < -0.4 is 0 Å². The zero-order valence-corrected chi connectivity index (χ0v) is 10.1. The second-order valence-corrected chi connectivity index (χ2v) is 4.41. The average molecular weight is 276 g/mol. The molecule has 0 bridgehead atoms. The van der Waals surface area contributed by atoms with Crippen LogP contribution in [0.3, 0.4) is 0 Å². The van der Waals surface area contributed by atoms with E-state index in [1.807, 2.05) is 0 Å². The largest absolute Gasteiger partial charge is 0.206 e. The fraction of sp³-hybridized carbons (Fsp3) is 0. The van der Waals surface area contributed by atoms with Crippen molar-refractivity contribution in [3.8, 4) is 11.1 Å². The third kappa shape index (κ3) is 1.93. The number of hydrogen-bond donors (Lipinski definition) is 0. The van der Waals surface area contributed by atoms with Crippen LogP contribution in [0.1, 0.15) is 0 Å². The summed E-state index contributed by atoms with van der Waals surface area (Å²) in [7, 11) is 0. The van der Waals surface area contributed by atoms with Gasteiger partial charge in [-0.2, -0.15) is 0 Å². The molecule has 0 atom stereocenters. The van der Waals surface area contributed by atoms with Crippen LogP contribution in [-0.2, 0) is 0 Å². The van der Waals surface area contributed by atoms with Gasteiger partial charge in [0.25, 0.3) is 0 Å². The minimum absolute atomic E-state index is 0.0137. The average Bonchev–Trinajstić information content (AvgIpc) is 2.45. The first-order valence-corrected chi connectivity index (χ1v) is 5.90. The minimum Gasteiger partial charge on any atom is -0.206 e. The molecule has 0 heterocycles. The quantitative estimate of drug-likeness (QED) is 0.430. The Balaban J connectivity index is 2.33. The second kappa shape index (κ2) is 4.63. The molecule has 3 aromatic carbocycles. The molecular weight excluding hydrogens is 268 g/mol. The van der Waals surface area contributed by atoms with Crippen LogP contribution in [0.25, 0.3) is 21.9 Å². The van der Waals surface area contributed by atoms with E-state index in [9.17, 15) is 17.6 Å². The summed E-state index contributed by atoms with van der Waals surface area (Å²) >= 11 is 0. The Morgan fingerprint density at radius 1 is 0.600 bits per heavy atom. The normalized spacial score (nSPS) is 11.0. The van der Waals surface area contributed by atoms with Gasteiger partial charge in [-0.3, -0.25) is 0 Å². The van der Waals surface area contributed by atoms with E-state index in [2.05, 4.69) is 0 Å². The standard InChI is InChI=1S/C16H8F4/c17-12-7-10(9-4-2-1-3-5-9)6-11-8-13(18)15(19)16(20)14(11)12/h1-8H. The molecule has 0 unspecified atom stereocenters. The van der Waals surface area contributed by atoms with E-state index in [-0.39, 0.29) is 5.39 Å². The molecule has 0 aromatic heterocycles. The van der Waals surface area contributed by atoms with Crippen LogP contribution in [0.5, 0.6) is 0 Å². The third-order valence-corrected chi connectivity index (χ3v) is 3.13. The van der Waals surface area contributed by atoms with Gasteiger partial charge in [0.05, 0.1) is 5.39 Å². The molecule has 0 saturated heterocycles. The molecule has 0 fully saturated rings. The van der Waals surface area contributed by atoms with Crippen LogP contribution >= 0.6 is 0 Å². The Bertz CT molecular complexity index is 795. The van der Waals surface area contributed by atoms with E-state index < -0.39 is 28.7 Å². The zero-order valence-electron chi connectivity index (χ0n) is 10.1. The number of fused-ring (bicyclic) bond motifs is 1. The predicted octanol–water partition coefficient (Wildman–Crippen LogP) is 5.06. The summed E-state index contributed by atoms with van der Waals surface area (Å²) in [5.74, 6) is -5.42. The van der Waals surface area contributed by atoms with Crippen molar-refractivity contribution in [3.63, 3.8) is 0 Å². The third-order valence-electron chi connectivity index (χ3n) is 3.13. The topological polar surface area (TPSA) is 0 Å². The molecule has 3 rings (SSSR count). The van der Waals surface area contributed by atoms with Gasteiger partial charge in [-0.25, -0.2) is 17.6 Å². The van der Waals surface area contributed by atoms with E-state index >= 15 is 0 Å². The van der Waals surface area contributed by atoms with Crippen LogP contribution in [0.4, 0.5) is 17.6 Å².